The summed E-state index contributed by atoms with van der Waals surface area (Å²) in [5.74, 6) is -0.297. The molecule has 2 aromatic carbocycles. The van der Waals surface area contributed by atoms with Crippen LogP contribution in [0.15, 0.2) is 88.9 Å². The van der Waals surface area contributed by atoms with E-state index in [9.17, 15) is 19.2 Å². The van der Waals surface area contributed by atoms with E-state index in [2.05, 4.69) is 0 Å². The molecule has 4 rings (SSSR count). The van der Waals surface area contributed by atoms with Crippen molar-refractivity contribution in [1.29, 1.82) is 0 Å². The summed E-state index contributed by atoms with van der Waals surface area (Å²) in [6.07, 6.45) is 3.63. The molecule has 2 heterocycles. The molecule has 0 atom stereocenters. The lowest BCUT2D eigenvalue weighted by atomic mass is 10.2. The normalized spacial score (nSPS) is 11.2. The SMILES string of the molecule is O=c1[nH]c(=O)n(Cc2ccc(OC/C=C/COc3ccc(Cn4oc(=O)[nH]c4=O)cc3)cc2)o1. The van der Waals surface area contributed by atoms with Crippen LogP contribution in [0, 0.1) is 0 Å². The van der Waals surface area contributed by atoms with E-state index in [0.29, 0.717) is 24.7 Å². The van der Waals surface area contributed by atoms with Gasteiger partial charge in [-0.3, -0.25) is 0 Å². The summed E-state index contributed by atoms with van der Waals surface area (Å²) in [4.78, 5) is 49.0. The van der Waals surface area contributed by atoms with Crippen molar-refractivity contribution in [3.63, 3.8) is 0 Å². The van der Waals surface area contributed by atoms with Crippen LogP contribution >= 0.6 is 0 Å². The van der Waals surface area contributed by atoms with Crippen LogP contribution in [-0.2, 0) is 13.1 Å². The van der Waals surface area contributed by atoms with Gasteiger partial charge in [-0.1, -0.05) is 24.3 Å². The van der Waals surface area contributed by atoms with Crippen LogP contribution < -0.4 is 32.4 Å². The average Bonchev–Trinajstić information content (AvgIpc) is 3.31. The fourth-order valence-corrected chi connectivity index (χ4v) is 2.97. The highest BCUT2D eigenvalue weighted by atomic mass is 16.5. The van der Waals surface area contributed by atoms with Gasteiger partial charge in [-0.15, -0.1) is 9.48 Å². The molecule has 2 N–H and O–H groups in total. The fourth-order valence-electron chi connectivity index (χ4n) is 2.97. The van der Waals surface area contributed by atoms with Gasteiger partial charge in [0.2, 0.25) is 0 Å². The van der Waals surface area contributed by atoms with Gasteiger partial charge in [0.05, 0.1) is 13.1 Å². The third-order valence-corrected chi connectivity index (χ3v) is 4.62. The summed E-state index contributed by atoms with van der Waals surface area (Å²) in [6.45, 7) is 0.947. The first-order valence-electron chi connectivity index (χ1n) is 10.2. The first kappa shape index (κ1) is 22.5. The van der Waals surface area contributed by atoms with Crippen LogP contribution in [0.2, 0.25) is 0 Å². The van der Waals surface area contributed by atoms with Gasteiger partial charge >= 0.3 is 22.9 Å². The van der Waals surface area contributed by atoms with Gasteiger partial charge in [0, 0.05) is 0 Å². The Morgan fingerprint density at radius 3 is 1.35 bits per heavy atom. The van der Waals surface area contributed by atoms with Gasteiger partial charge < -0.3 is 18.5 Å². The molecule has 0 aliphatic rings. The number of nitrogens with zero attached hydrogens (tertiary/aromatic N) is 2. The molecule has 12 nitrogen and oxygen atoms in total. The lowest BCUT2D eigenvalue weighted by Crippen LogP contribution is -2.17. The zero-order valence-electron chi connectivity index (χ0n) is 17.8. The highest BCUT2D eigenvalue weighted by Gasteiger charge is 2.05. The van der Waals surface area contributed by atoms with Gasteiger partial charge in [-0.2, -0.15) is 0 Å². The van der Waals surface area contributed by atoms with Crippen LogP contribution in [-0.4, -0.2) is 32.7 Å². The standard InChI is InChI=1S/C22H20N4O8/c27-19-23-21(29)33-25(19)13-15-3-7-17(8-4-15)31-11-1-2-12-32-18-9-5-16(6-10-18)14-26-20(28)24-22(30)34-26/h1-10H,11-14H2,(H,23,27,29)(H,24,28,30)/b2-1+. The molecular weight excluding hydrogens is 448 g/mol. The van der Waals surface area contributed by atoms with Gasteiger partial charge in [0.1, 0.15) is 24.7 Å². The van der Waals surface area contributed by atoms with Crippen LogP contribution in [0.3, 0.4) is 0 Å². The molecule has 0 aliphatic carbocycles. The predicted molar refractivity (Wildman–Crippen MR) is 118 cm³/mol. The Morgan fingerprint density at radius 1 is 0.647 bits per heavy atom. The molecule has 0 amide bonds. The van der Waals surface area contributed by atoms with E-state index in [-0.39, 0.29) is 13.1 Å². The highest BCUT2D eigenvalue weighted by Crippen LogP contribution is 2.14. The van der Waals surface area contributed by atoms with Crippen molar-refractivity contribution in [1.82, 2.24) is 19.4 Å². The number of H-pyrrole nitrogens is 2. The smallest absolute Gasteiger partial charge is 0.440 e. The Balaban J connectivity index is 1.18. The number of nitrogens with one attached hydrogen (secondary N) is 2. The van der Waals surface area contributed by atoms with Crippen LogP contribution in [0.5, 0.6) is 11.5 Å². The second-order valence-corrected chi connectivity index (χ2v) is 7.07. The summed E-state index contributed by atoms with van der Waals surface area (Å²) in [6, 6.07) is 14.1. The number of aromatic nitrogens is 4. The number of hydrogen-bond donors (Lipinski definition) is 2. The first-order chi connectivity index (χ1) is 16.5. The Kier molecular flexibility index (Phi) is 6.77. The summed E-state index contributed by atoms with van der Waals surface area (Å²) in [7, 11) is 0. The fraction of sp³-hybridized carbons (Fsp3) is 0.182. The number of aromatic amines is 2. The number of hydrogen-bond acceptors (Lipinski definition) is 8. The molecule has 0 fully saturated rings. The molecule has 0 unspecified atom stereocenters. The van der Waals surface area contributed by atoms with Crippen LogP contribution in [0.1, 0.15) is 11.1 Å². The maximum atomic E-state index is 11.5. The second-order valence-electron chi connectivity index (χ2n) is 7.07. The largest absolute Gasteiger partial charge is 0.490 e. The van der Waals surface area contributed by atoms with Crippen molar-refractivity contribution in [2.45, 2.75) is 13.1 Å². The van der Waals surface area contributed by atoms with E-state index in [1.54, 1.807) is 48.5 Å². The van der Waals surface area contributed by atoms with E-state index in [1.165, 1.54) is 0 Å². The average molecular weight is 468 g/mol. The molecule has 12 heteroatoms. The van der Waals surface area contributed by atoms with E-state index in [1.807, 2.05) is 22.1 Å². The quantitative estimate of drug-likeness (QED) is 0.322. The maximum Gasteiger partial charge on any atom is 0.440 e. The third-order valence-electron chi connectivity index (χ3n) is 4.62. The molecule has 2 aromatic heterocycles. The number of ether oxygens (including phenoxy) is 2. The number of rotatable bonds is 10. The molecule has 176 valence electrons. The van der Waals surface area contributed by atoms with Crippen molar-refractivity contribution in [2.24, 2.45) is 0 Å². The lowest BCUT2D eigenvalue weighted by molar-refractivity contribution is 0.258. The Morgan fingerprint density at radius 2 is 1.03 bits per heavy atom. The highest BCUT2D eigenvalue weighted by molar-refractivity contribution is 5.28. The monoisotopic (exact) mass is 468 g/mol. The molecule has 0 aliphatic heterocycles. The van der Waals surface area contributed by atoms with Crippen molar-refractivity contribution >= 4 is 0 Å². The maximum absolute atomic E-state index is 11.5. The van der Waals surface area contributed by atoms with E-state index in [0.717, 1.165) is 20.6 Å². The summed E-state index contributed by atoms with van der Waals surface area (Å²) in [5.41, 5.74) is 0.350. The van der Waals surface area contributed by atoms with Gasteiger partial charge in [-0.25, -0.2) is 29.1 Å². The molecule has 4 aromatic rings. The Bertz CT molecular complexity index is 1370. The molecule has 0 saturated carbocycles. The van der Waals surface area contributed by atoms with Gasteiger partial charge in [-0.05, 0) is 47.5 Å². The Hall–Kier alpha value is -4.74. The lowest BCUT2D eigenvalue weighted by Gasteiger charge is -2.06. The second kappa shape index (κ2) is 10.3. The van der Waals surface area contributed by atoms with Gasteiger partial charge in [0.25, 0.3) is 0 Å². The van der Waals surface area contributed by atoms with E-state index < -0.39 is 22.9 Å². The van der Waals surface area contributed by atoms with Crippen LogP contribution in [0.25, 0.3) is 0 Å². The zero-order valence-corrected chi connectivity index (χ0v) is 17.8. The summed E-state index contributed by atoms with van der Waals surface area (Å²) < 4.78 is 22.6. The van der Waals surface area contributed by atoms with Crippen molar-refractivity contribution < 1.29 is 18.5 Å². The van der Waals surface area contributed by atoms with Crippen molar-refractivity contribution in [3.8, 4) is 11.5 Å². The Labute approximate surface area is 190 Å². The minimum absolute atomic E-state index is 0.136. The molecule has 0 spiro atoms. The van der Waals surface area contributed by atoms with Crippen LogP contribution in [0.4, 0.5) is 0 Å². The number of benzene rings is 2. The first-order valence-corrected chi connectivity index (χ1v) is 10.2. The molecular formula is C22H20N4O8. The van der Waals surface area contributed by atoms with E-state index >= 15 is 0 Å². The topological polar surface area (TPSA) is 154 Å². The summed E-state index contributed by atoms with van der Waals surface area (Å²) in [5, 5.41) is 0. The predicted octanol–water partition coefficient (Wildman–Crippen LogP) is 0.683. The molecule has 0 bridgehead atoms. The third kappa shape index (κ3) is 5.94. The zero-order chi connectivity index (χ0) is 23.9. The minimum atomic E-state index is -0.792. The molecule has 34 heavy (non-hydrogen) atoms. The minimum Gasteiger partial charge on any atom is -0.490 e. The molecule has 0 radical (unpaired) electrons. The summed E-state index contributed by atoms with van der Waals surface area (Å²) >= 11 is 0. The van der Waals surface area contributed by atoms with Gasteiger partial charge in [0.15, 0.2) is 0 Å². The molecule has 0 saturated heterocycles. The van der Waals surface area contributed by atoms with Crippen molar-refractivity contribution in [3.05, 3.63) is 114 Å². The van der Waals surface area contributed by atoms with Crippen molar-refractivity contribution in [2.75, 3.05) is 13.2 Å². The van der Waals surface area contributed by atoms with E-state index in [4.69, 9.17) is 18.5 Å².